The van der Waals surface area contributed by atoms with Crippen LogP contribution in [0.1, 0.15) is 25.8 Å². The number of hydrogen-bond donors (Lipinski definition) is 1. The van der Waals surface area contributed by atoms with Gasteiger partial charge in [0.25, 0.3) is 0 Å². The number of likely N-dealkylation sites (N-methyl/N-ethyl adjacent to an activating group) is 1. The molecular weight excluding hydrogens is 236 g/mol. The van der Waals surface area contributed by atoms with Crippen LogP contribution in [0.15, 0.2) is 18.3 Å². The minimum absolute atomic E-state index is 0.251. The Balaban J connectivity index is 1.91. The second-order valence-electron chi connectivity index (χ2n) is 5.32. The molecule has 1 saturated heterocycles. The summed E-state index contributed by atoms with van der Waals surface area (Å²) in [4.78, 5) is 9.44. The molecule has 2 heterocycles. The first-order valence-electron chi connectivity index (χ1n) is 7.40. The van der Waals surface area contributed by atoms with Crippen molar-refractivity contribution >= 4 is 5.82 Å². The fourth-order valence-electron chi connectivity index (χ4n) is 2.46. The summed E-state index contributed by atoms with van der Waals surface area (Å²) in [5.41, 5.74) is 7.21. The molecule has 0 aromatic carbocycles. The molecule has 19 heavy (non-hydrogen) atoms. The number of aromatic nitrogens is 1. The normalized spacial score (nSPS) is 18.6. The number of nitrogens with two attached hydrogens (primary N) is 1. The van der Waals surface area contributed by atoms with Crippen LogP contribution in [-0.4, -0.2) is 48.6 Å². The van der Waals surface area contributed by atoms with Gasteiger partial charge in [0.15, 0.2) is 0 Å². The van der Waals surface area contributed by atoms with Gasteiger partial charge in [-0.2, -0.15) is 0 Å². The first-order chi connectivity index (χ1) is 9.22. The Kier molecular flexibility index (Phi) is 5.16. The van der Waals surface area contributed by atoms with Gasteiger partial charge in [-0.1, -0.05) is 19.9 Å². The smallest absolute Gasteiger partial charge is 0.128 e. The SMILES string of the molecule is CCC(N)Cc1ccc(N2CCN(CC)CC2)nc1. The summed E-state index contributed by atoms with van der Waals surface area (Å²) in [5.74, 6) is 1.10. The molecule has 0 saturated carbocycles. The standard InChI is InChI=1S/C15H26N4/c1-3-14(16)11-13-5-6-15(17-12-13)19-9-7-18(4-2)8-10-19/h5-6,12,14H,3-4,7-11,16H2,1-2H3. The zero-order valence-electron chi connectivity index (χ0n) is 12.2. The van der Waals surface area contributed by atoms with E-state index in [0.717, 1.165) is 51.4 Å². The highest BCUT2D eigenvalue weighted by Crippen LogP contribution is 2.14. The van der Waals surface area contributed by atoms with Gasteiger partial charge in [-0.3, -0.25) is 0 Å². The zero-order chi connectivity index (χ0) is 13.7. The Morgan fingerprint density at radius 3 is 2.47 bits per heavy atom. The van der Waals surface area contributed by atoms with Crippen molar-refractivity contribution in [3.63, 3.8) is 0 Å². The van der Waals surface area contributed by atoms with Crippen LogP contribution in [0, 0.1) is 0 Å². The van der Waals surface area contributed by atoms with E-state index in [1.807, 2.05) is 6.20 Å². The predicted molar refractivity (Wildman–Crippen MR) is 80.5 cm³/mol. The van der Waals surface area contributed by atoms with Gasteiger partial charge in [-0.15, -0.1) is 0 Å². The lowest BCUT2D eigenvalue weighted by atomic mass is 10.1. The lowest BCUT2D eigenvalue weighted by Gasteiger charge is -2.34. The third-order valence-corrected chi connectivity index (χ3v) is 3.97. The fourth-order valence-corrected chi connectivity index (χ4v) is 2.46. The van der Waals surface area contributed by atoms with Gasteiger partial charge in [0, 0.05) is 38.4 Å². The van der Waals surface area contributed by atoms with Crippen LogP contribution in [0.2, 0.25) is 0 Å². The van der Waals surface area contributed by atoms with Gasteiger partial charge in [-0.25, -0.2) is 4.98 Å². The van der Waals surface area contributed by atoms with E-state index >= 15 is 0 Å². The third-order valence-electron chi connectivity index (χ3n) is 3.97. The van der Waals surface area contributed by atoms with Crippen molar-refractivity contribution in [1.82, 2.24) is 9.88 Å². The Morgan fingerprint density at radius 1 is 1.21 bits per heavy atom. The highest BCUT2D eigenvalue weighted by atomic mass is 15.3. The van der Waals surface area contributed by atoms with E-state index in [1.165, 1.54) is 5.56 Å². The van der Waals surface area contributed by atoms with Crippen LogP contribution in [-0.2, 0) is 6.42 Å². The Labute approximate surface area is 116 Å². The van der Waals surface area contributed by atoms with Crippen LogP contribution in [0.25, 0.3) is 0 Å². The van der Waals surface area contributed by atoms with Crippen molar-refractivity contribution in [3.8, 4) is 0 Å². The molecule has 1 aromatic rings. The van der Waals surface area contributed by atoms with Crippen molar-refractivity contribution in [2.75, 3.05) is 37.6 Å². The van der Waals surface area contributed by atoms with Crippen LogP contribution in [0.4, 0.5) is 5.82 Å². The van der Waals surface area contributed by atoms with Crippen LogP contribution in [0.5, 0.6) is 0 Å². The minimum atomic E-state index is 0.251. The summed E-state index contributed by atoms with van der Waals surface area (Å²) in [7, 11) is 0. The van der Waals surface area contributed by atoms with Gasteiger partial charge in [-0.05, 0) is 31.0 Å². The van der Waals surface area contributed by atoms with Gasteiger partial charge < -0.3 is 15.5 Å². The molecule has 0 bridgehead atoms. The summed E-state index contributed by atoms with van der Waals surface area (Å²) in [6.07, 6.45) is 3.92. The molecule has 0 aliphatic carbocycles. The molecular formula is C15H26N4. The Morgan fingerprint density at radius 2 is 1.95 bits per heavy atom. The van der Waals surface area contributed by atoms with Crippen molar-refractivity contribution < 1.29 is 0 Å². The average Bonchev–Trinajstić information content (AvgIpc) is 2.48. The summed E-state index contributed by atoms with van der Waals surface area (Å²) in [5, 5.41) is 0. The molecule has 4 heteroatoms. The summed E-state index contributed by atoms with van der Waals surface area (Å²) in [6.45, 7) is 9.93. The molecule has 1 fully saturated rings. The highest BCUT2D eigenvalue weighted by molar-refractivity contribution is 5.40. The lowest BCUT2D eigenvalue weighted by Crippen LogP contribution is -2.46. The van der Waals surface area contributed by atoms with Crippen molar-refractivity contribution in [2.24, 2.45) is 5.73 Å². The lowest BCUT2D eigenvalue weighted by molar-refractivity contribution is 0.270. The maximum Gasteiger partial charge on any atom is 0.128 e. The molecule has 1 aliphatic rings. The quantitative estimate of drug-likeness (QED) is 0.873. The van der Waals surface area contributed by atoms with E-state index < -0.39 is 0 Å². The molecule has 0 radical (unpaired) electrons. The number of rotatable bonds is 5. The first-order valence-corrected chi connectivity index (χ1v) is 7.40. The van der Waals surface area contributed by atoms with E-state index in [9.17, 15) is 0 Å². The van der Waals surface area contributed by atoms with Crippen LogP contribution in [0.3, 0.4) is 0 Å². The molecule has 1 atom stereocenters. The zero-order valence-corrected chi connectivity index (χ0v) is 12.2. The van der Waals surface area contributed by atoms with Crippen molar-refractivity contribution in [1.29, 1.82) is 0 Å². The summed E-state index contributed by atoms with van der Waals surface area (Å²) < 4.78 is 0. The van der Waals surface area contributed by atoms with Crippen LogP contribution >= 0.6 is 0 Å². The third kappa shape index (κ3) is 3.91. The summed E-state index contributed by atoms with van der Waals surface area (Å²) >= 11 is 0. The number of anilines is 1. The largest absolute Gasteiger partial charge is 0.354 e. The molecule has 0 amide bonds. The Hall–Kier alpha value is -1.13. The van der Waals surface area contributed by atoms with E-state index in [4.69, 9.17) is 5.73 Å². The number of nitrogens with zero attached hydrogens (tertiary/aromatic N) is 3. The second-order valence-corrected chi connectivity index (χ2v) is 5.32. The maximum absolute atomic E-state index is 5.97. The number of hydrogen-bond acceptors (Lipinski definition) is 4. The van der Waals surface area contributed by atoms with Crippen molar-refractivity contribution in [2.45, 2.75) is 32.7 Å². The van der Waals surface area contributed by atoms with Gasteiger partial charge in [0.05, 0.1) is 0 Å². The molecule has 2 N–H and O–H groups in total. The molecule has 0 spiro atoms. The topological polar surface area (TPSA) is 45.4 Å². The average molecular weight is 262 g/mol. The van der Waals surface area contributed by atoms with Crippen LogP contribution < -0.4 is 10.6 Å². The molecule has 4 nitrogen and oxygen atoms in total. The molecule has 1 aliphatic heterocycles. The molecule has 1 unspecified atom stereocenters. The van der Waals surface area contributed by atoms with E-state index in [-0.39, 0.29) is 6.04 Å². The number of piperazine rings is 1. The summed E-state index contributed by atoms with van der Waals surface area (Å²) in [6, 6.07) is 4.56. The van der Waals surface area contributed by atoms with E-state index in [0.29, 0.717) is 0 Å². The minimum Gasteiger partial charge on any atom is -0.354 e. The fraction of sp³-hybridized carbons (Fsp3) is 0.667. The Bertz CT molecular complexity index is 368. The molecule has 2 rings (SSSR count). The first kappa shape index (κ1) is 14.3. The van der Waals surface area contributed by atoms with Gasteiger partial charge in [0.1, 0.15) is 5.82 Å². The van der Waals surface area contributed by atoms with Gasteiger partial charge >= 0.3 is 0 Å². The number of pyridine rings is 1. The molecule has 106 valence electrons. The predicted octanol–water partition coefficient (Wildman–Crippen LogP) is 1.50. The molecule has 1 aromatic heterocycles. The monoisotopic (exact) mass is 262 g/mol. The maximum atomic E-state index is 5.97. The van der Waals surface area contributed by atoms with Crippen molar-refractivity contribution in [3.05, 3.63) is 23.9 Å². The van der Waals surface area contributed by atoms with E-state index in [1.54, 1.807) is 0 Å². The second kappa shape index (κ2) is 6.87. The highest BCUT2D eigenvalue weighted by Gasteiger charge is 2.16. The van der Waals surface area contributed by atoms with E-state index in [2.05, 4.69) is 40.8 Å². The van der Waals surface area contributed by atoms with Gasteiger partial charge in [0.2, 0.25) is 0 Å².